The van der Waals surface area contributed by atoms with Gasteiger partial charge in [0.05, 0.1) is 0 Å². The second kappa shape index (κ2) is 12.5. The number of hydrogen-bond donors (Lipinski definition) is 0. The Morgan fingerprint density at radius 2 is 0.976 bits per heavy atom. The molecule has 4 aromatic rings. The van der Waals surface area contributed by atoms with Gasteiger partial charge in [0, 0.05) is 47.5 Å². The molecule has 206 valence electrons. The van der Waals surface area contributed by atoms with Gasteiger partial charge in [-0.15, -0.1) is 0 Å². The summed E-state index contributed by atoms with van der Waals surface area (Å²) in [6.07, 6.45) is 7.09. The number of fused-ring (bicyclic) bond motifs is 3. The maximum atomic E-state index is 3.48. The third-order valence-corrected chi connectivity index (χ3v) is 8.41. The highest BCUT2D eigenvalue weighted by atomic mass is 15.1. The number of hydrogen-bond acceptors (Lipinski definition) is 1. The molecule has 1 nitrogen and oxygen atoms in total. The molecule has 0 aliphatic heterocycles. The van der Waals surface area contributed by atoms with Gasteiger partial charge in [0.25, 0.3) is 0 Å². The molecule has 5 rings (SSSR count). The number of aryl methyl sites for hydroxylation is 1. The molecule has 0 heterocycles. The molecular weight excluding hydrogens is 494 g/mol. The van der Waals surface area contributed by atoms with Gasteiger partial charge in [-0.3, -0.25) is 0 Å². The van der Waals surface area contributed by atoms with E-state index in [9.17, 15) is 0 Å². The van der Waals surface area contributed by atoms with Crippen molar-refractivity contribution in [3.63, 3.8) is 0 Å². The van der Waals surface area contributed by atoms with E-state index in [1.165, 1.54) is 59.2 Å². The Kier molecular flexibility index (Phi) is 8.67. The van der Waals surface area contributed by atoms with Crippen molar-refractivity contribution < 1.29 is 0 Å². The summed E-state index contributed by atoms with van der Waals surface area (Å²) in [7, 11) is 4.12. The van der Waals surface area contributed by atoms with Crippen molar-refractivity contribution in [3.05, 3.63) is 124 Å². The molecule has 0 amide bonds. The van der Waals surface area contributed by atoms with E-state index < -0.39 is 0 Å². The van der Waals surface area contributed by atoms with Gasteiger partial charge in [-0.25, -0.2) is 0 Å². The van der Waals surface area contributed by atoms with Crippen LogP contribution in [-0.4, -0.2) is 14.1 Å². The van der Waals surface area contributed by atoms with Gasteiger partial charge in [0.15, 0.2) is 0 Å². The molecule has 0 saturated carbocycles. The predicted octanol–water partition coefficient (Wildman–Crippen LogP) is 9.51. The van der Waals surface area contributed by atoms with Crippen LogP contribution in [0.4, 0.5) is 5.69 Å². The number of rotatable bonds is 7. The molecule has 0 bridgehead atoms. The van der Waals surface area contributed by atoms with Gasteiger partial charge in [-0.1, -0.05) is 93.0 Å². The molecule has 1 aliphatic carbocycles. The summed E-state index contributed by atoms with van der Waals surface area (Å²) in [5.74, 6) is 13.8. The Morgan fingerprint density at radius 3 is 1.41 bits per heavy atom. The van der Waals surface area contributed by atoms with Crippen LogP contribution in [0.1, 0.15) is 91.3 Å². The smallest absolute Gasteiger partial charge is 0.0361 e. The van der Waals surface area contributed by atoms with Crippen LogP contribution in [0.15, 0.2) is 84.9 Å². The molecule has 0 spiro atoms. The van der Waals surface area contributed by atoms with E-state index in [2.05, 4.69) is 148 Å². The molecule has 0 atom stereocenters. The number of unbranched alkanes of at least 4 members (excludes halogenated alkanes) is 2. The van der Waals surface area contributed by atoms with Crippen LogP contribution in [0.25, 0.3) is 11.1 Å². The van der Waals surface area contributed by atoms with Crippen molar-refractivity contribution in [2.24, 2.45) is 0 Å². The molecule has 0 N–H and O–H groups in total. The maximum absolute atomic E-state index is 3.48. The monoisotopic (exact) mass is 535 g/mol. The first-order valence-electron chi connectivity index (χ1n) is 15.1. The largest absolute Gasteiger partial charge is 0.378 e. The third-order valence-electron chi connectivity index (χ3n) is 8.41. The van der Waals surface area contributed by atoms with Crippen LogP contribution in [0.2, 0.25) is 0 Å². The quantitative estimate of drug-likeness (QED) is 0.213. The van der Waals surface area contributed by atoms with Gasteiger partial charge >= 0.3 is 0 Å². The fourth-order valence-corrected chi connectivity index (χ4v) is 6.04. The molecule has 0 unspecified atom stereocenters. The van der Waals surface area contributed by atoms with E-state index in [4.69, 9.17) is 0 Å². The van der Waals surface area contributed by atoms with E-state index in [1.54, 1.807) is 0 Å². The lowest BCUT2D eigenvalue weighted by Gasteiger charge is -2.33. The zero-order valence-electron chi connectivity index (χ0n) is 25.3. The molecule has 0 aromatic heterocycles. The van der Waals surface area contributed by atoms with Crippen molar-refractivity contribution in [1.29, 1.82) is 0 Å². The first-order chi connectivity index (χ1) is 19.9. The number of nitrogens with zero attached hydrogens (tertiary/aromatic N) is 1. The van der Waals surface area contributed by atoms with Gasteiger partial charge in [0.1, 0.15) is 0 Å². The van der Waals surface area contributed by atoms with E-state index >= 15 is 0 Å². The summed E-state index contributed by atoms with van der Waals surface area (Å²) in [4.78, 5) is 2.11. The summed E-state index contributed by atoms with van der Waals surface area (Å²) >= 11 is 0. The zero-order chi connectivity index (χ0) is 28.8. The summed E-state index contributed by atoms with van der Waals surface area (Å²) < 4.78 is 0. The molecule has 0 fully saturated rings. The van der Waals surface area contributed by atoms with Crippen LogP contribution < -0.4 is 4.90 Å². The first-order valence-corrected chi connectivity index (χ1v) is 15.1. The normalized spacial score (nSPS) is 12.4. The van der Waals surface area contributed by atoms with Crippen molar-refractivity contribution in [3.8, 4) is 34.8 Å². The Morgan fingerprint density at radius 1 is 0.561 bits per heavy atom. The lowest BCUT2D eigenvalue weighted by molar-refractivity contribution is 0.414. The number of anilines is 1. The van der Waals surface area contributed by atoms with Gasteiger partial charge in [0.2, 0.25) is 0 Å². The highest BCUT2D eigenvalue weighted by molar-refractivity contribution is 5.82. The van der Waals surface area contributed by atoms with Crippen LogP contribution in [0.3, 0.4) is 0 Å². The van der Waals surface area contributed by atoms with E-state index in [0.29, 0.717) is 0 Å². The average molecular weight is 536 g/mol. The minimum Gasteiger partial charge on any atom is -0.378 e. The topological polar surface area (TPSA) is 3.24 Å². The summed E-state index contributed by atoms with van der Waals surface area (Å²) in [6, 6.07) is 30.7. The summed E-state index contributed by atoms with van der Waals surface area (Å²) in [5, 5.41) is 0. The predicted molar refractivity (Wildman–Crippen MR) is 176 cm³/mol. The van der Waals surface area contributed by atoms with E-state index in [0.717, 1.165) is 35.1 Å². The average Bonchev–Trinajstić information content (AvgIpc) is 3.26. The van der Waals surface area contributed by atoms with Crippen molar-refractivity contribution >= 4 is 5.69 Å². The highest BCUT2D eigenvalue weighted by Gasteiger charge is 2.42. The van der Waals surface area contributed by atoms with Gasteiger partial charge < -0.3 is 4.90 Å². The van der Waals surface area contributed by atoms with Crippen LogP contribution in [-0.2, 0) is 5.41 Å². The lowest BCUT2D eigenvalue weighted by Crippen LogP contribution is -2.25. The minimum atomic E-state index is 0.00326. The van der Waals surface area contributed by atoms with Gasteiger partial charge in [-0.2, -0.15) is 0 Å². The maximum Gasteiger partial charge on any atom is 0.0361 e. The molecule has 1 heteroatoms. The molecule has 41 heavy (non-hydrogen) atoms. The molecule has 0 saturated heterocycles. The highest BCUT2D eigenvalue weighted by Crippen LogP contribution is 2.54. The molecule has 1 aliphatic rings. The SMILES string of the molecule is CCCCC1(CCCC)c2cc(C#Cc3ccc(C)cc3)ccc2-c2ccc(C#Cc3ccc(N(C)C)cc3)cc21. The van der Waals surface area contributed by atoms with Gasteiger partial charge in [-0.05, 0) is 103 Å². The zero-order valence-corrected chi connectivity index (χ0v) is 25.3. The third kappa shape index (κ3) is 6.11. The van der Waals surface area contributed by atoms with E-state index in [-0.39, 0.29) is 5.41 Å². The summed E-state index contributed by atoms with van der Waals surface area (Å²) in [6.45, 7) is 6.72. The lowest BCUT2D eigenvalue weighted by atomic mass is 9.70. The Balaban J connectivity index is 1.56. The molecule has 0 radical (unpaired) electrons. The van der Waals surface area contributed by atoms with Crippen LogP contribution in [0, 0.1) is 30.6 Å². The summed E-state index contributed by atoms with van der Waals surface area (Å²) in [5.41, 5.74) is 12.4. The van der Waals surface area contributed by atoms with Crippen LogP contribution in [0.5, 0.6) is 0 Å². The fourth-order valence-electron chi connectivity index (χ4n) is 6.04. The fraction of sp³-hybridized carbons (Fsp3) is 0.300. The Bertz CT molecular complexity index is 1620. The van der Waals surface area contributed by atoms with Crippen LogP contribution >= 0.6 is 0 Å². The number of benzene rings is 4. The van der Waals surface area contributed by atoms with Crippen molar-refractivity contribution in [2.45, 2.75) is 64.7 Å². The second-order valence-electron chi connectivity index (χ2n) is 11.6. The standard InChI is InChI=1S/C40H41N/c1-6-8-26-40(27-9-7-2)38-28-33(16-14-31-12-10-30(3)11-13-31)20-24-36(38)37-25-21-34(29-39(37)40)17-15-32-18-22-35(23-19-32)41(4)5/h10-13,18-25,28-29H,6-9,26-27H2,1-5H3. The minimum absolute atomic E-state index is 0.00326. The van der Waals surface area contributed by atoms with Crippen molar-refractivity contribution in [1.82, 2.24) is 0 Å². The van der Waals surface area contributed by atoms with E-state index in [1.807, 2.05) is 0 Å². The Labute approximate surface area is 247 Å². The Hall–Kier alpha value is -4.20. The van der Waals surface area contributed by atoms with Crippen molar-refractivity contribution in [2.75, 3.05) is 19.0 Å². The first kappa shape index (κ1) is 28.3. The second-order valence-corrected chi connectivity index (χ2v) is 11.6. The molecular formula is C40H41N. The molecule has 4 aromatic carbocycles.